The van der Waals surface area contributed by atoms with Gasteiger partial charge in [0.2, 0.25) is 0 Å². The third kappa shape index (κ3) is 5.22. The predicted octanol–water partition coefficient (Wildman–Crippen LogP) is 6.28. The van der Waals surface area contributed by atoms with Crippen molar-refractivity contribution < 1.29 is 9.59 Å². The average molecular weight is 573 g/mol. The molecule has 0 spiro atoms. The molecule has 4 aromatic rings. The van der Waals surface area contributed by atoms with Crippen molar-refractivity contribution in [2.24, 2.45) is 5.92 Å². The van der Waals surface area contributed by atoms with Gasteiger partial charge >= 0.3 is 0 Å². The smallest absolute Gasteiger partial charge is 0.257 e. The third-order valence-electron chi connectivity index (χ3n) is 7.55. The number of pyridine rings is 1. The van der Waals surface area contributed by atoms with Crippen LogP contribution in [-0.4, -0.2) is 29.5 Å². The second kappa shape index (κ2) is 10.8. The highest BCUT2D eigenvalue weighted by Crippen LogP contribution is 2.39. The van der Waals surface area contributed by atoms with Gasteiger partial charge in [-0.3, -0.25) is 14.4 Å². The van der Waals surface area contributed by atoms with Crippen LogP contribution in [0.25, 0.3) is 0 Å². The summed E-state index contributed by atoms with van der Waals surface area (Å²) in [6.45, 7) is 2.07. The molecule has 2 N–H and O–H groups in total. The lowest BCUT2D eigenvalue weighted by atomic mass is 9.83. The molecule has 3 aromatic carbocycles. The standard InChI is InChI=1S/C31H26Cl2N4O3/c32-22-9-11-23(12-10-22)34-30(39)20-8-13-28(26(15-20)35-31(40)24-4-1-2-5-25(24)33)36-16-19-14-21(18-36)27-6-3-7-29(38)37(27)17-19/h1-13,15,19,21H,14,16-18H2,(H,34,39)(H,35,40). The zero-order valence-electron chi connectivity index (χ0n) is 21.4. The minimum Gasteiger partial charge on any atom is -0.369 e. The Labute approximate surface area is 241 Å². The maximum atomic E-state index is 13.3. The van der Waals surface area contributed by atoms with Crippen LogP contribution < -0.4 is 21.1 Å². The van der Waals surface area contributed by atoms with Crippen LogP contribution in [0.2, 0.25) is 10.0 Å². The normalized spacial score (nSPS) is 17.6. The number of carbonyl (C=O) groups excluding carboxylic acids is 2. The summed E-state index contributed by atoms with van der Waals surface area (Å²) in [5.74, 6) is -0.213. The number of halogens is 2. The molecule has 2 amide bonds. The first-order valence-electron chi connectivity index (χ1n) is 13.1. The molecule has 0 aliphatic carbocycles. The number of fused-ring (bicyclic) bond motifs is 4. The summed E-state index contributed by atoms with van der Waals surface area (Å²) in [5, 5.41) is 6.80. The minimum absolute atomic E-state index is 0.0318. The van der Waals surface area contributed by atoms with Crippen molar-refractivity contribution in [2.45, 2.75) is 18.9 Å². The summed E-state index contributed by atoms with van der Waals surface area (Å²) in [4.78, 5) is 41.2. The largest absolute Gasteiger partial charge is 0.369 e. The first-order valence-corrected chi connectivity index (χ1v) is 13.8. The highest BCUT2D eigenvalue weighted by Gasteiger charge is 2.35. The van der Waals surface area contributed by atoms with Gasteiger partial charge in [-0.2, -0.15) is 0 Å². The van der Waals surface area contributed by atoms with E-state index < -0.39 is 0 Å². The van der Waals surface area contributed by atoms with Crippen molar-refractivity contribution >= 4 is 52.1 Å². The number of piperidine rings is 1. The van der Waals surface area contributed by atoms with E-state index in [0.717, 1.165) is 24.3 Å². The zero-order valence-corrected chi connectivity index (χ0v) is 23.0. The van der Waals surface area contributed by atoms with E-state index in [2.05, 4.69) is 15.5 Å². The van der Waals surface area contributed by atoms with Crippen LogP contribution in [0.5, 0.6) is 0 Å². The molecule has 3 heterocycles. The first-order chi connectivity index (χ1) is 19.4. The van der Waals surface area contributed by atoms with Crippen LogP contribution in [-0.2, 0) is 6.54 Å². The van der Waals surface area contributed by atoms with Crippen molar-refractivity contribution in [1.82, 2.24) is 4.57 Å². The molecular weight excluding hydrogens is 547 g/mol. The van der Waals surface area contributed by atoms with E-state index >= 15 is 0 Å². The fourth-order valence-corrected chi connectivity index (χ4v) is 6.07. The molecule has 0 radical (unpaired) electrons. The molecule has 7 nitrogen and oxygen atoms in total. The van der Waals surface area contributed by atoms with E-state index in [4.69, 9.17) is 23.2 Å². The number of nitrogens with zero attached hydrogens (tertiary/aromatic N) is 2. The maximum absolute atomic E-state index is 13.3. The zero-order chi connectivity index (χ0) is 27.8. The molecule has 0 saturated carbocycles. The monoisotopic (exact) mass is 572 g/mol. The molecule has 1 fully saturated rings. The van der Waals surface area contributed by atoms with Gasteiger partial charge in [0.05, 0.1) is 22.0 Å². The van der Waals surface area contributed by atoms with Gasteiger partial charge in [0, 0.05) is 53.6 Å². The molecule has 2 unspecified atom stereocenters. The summed E-state index contributed by atoms with van der Waals surface area (Å²) in [6, 6.07) is 24.5. The van der Waals surface area contributed by atoms with E-state index in [-0.39, 0.29) is 29.2 Å². The van der Waals surface area contributed by atoms with Gasteiger partial charge in [0.1, 0.15) is 0 Å². The van der Waals surface area contributed by atoms with Crippen LogP contribution in [0.1, 0.15) is 38.7 Å². The Morgan fingerprint density at radius 2 is 1.60 bits per heavy atom. The first kappa shape index (κ1) is 26.2. The molecule has 9 heteroatoms. The van der Waals surface area contributed by atoms with Gasteiger partial charge in [0.25, 0.3) is 17.4 Å². The van der Waals surface area contributed by atoms with Crippen LogP contribution in [0, 0.1) is 5.92 Å². The number of rotatable bonds is 5. The highest BCUT2D eigenvalue weighted by atomic mass is 35.5. The molecular formula is C31H26Cl2N4O3. The SMILES string of the molecule is O=C(Nc1ccc(Cl)cc1)c1ccc(N2CC3CC(C2)c2cccc(=O)n2C3)c(NC(=O)c2ccccc2Cl)c1. The average Bonchev–Trinajstić information content (AvgIpc) is 2.95. The molecule has 1 saturated heterocycles. The number of benzene rings is 3. The van der Waals surface area contributed by atoms with Gasteiger partial charge in [-0.15, -0.1) is 0 Å². The molecule has 2 bridgehead atoms. The van der Waals surface area contributed by atoms with Crippen molar-refractivity contribution in [3.63, 3.8) is 0 Å². The molecule has 2 aliphatic rings. The maximum Gasteiger partial charge on any atom is 0.257 e. The van der Waals surface area contributed by atoms with Gasteiger partial charge in [-0.05, 0) is 73.0 Å². The number of amides is 2. The van der Waals surface area contributed by atoms with Gasteiger partial charge < -0.3 is 20.1 Å². The van der Waals surface area contributed by atoms with Gasteiger partial charge in [-0.1, -0.05) is 41.4 Å². The van der Waals surface area contributed by atoms with E-state index in [1.54, 1.807) is 66.7 Å². The van der Waals surface area contributed by atoms with Gasteiger partial charge in [-0.25, -0.2) is 0 Å². The molecule has 1 aromatic heterocycles. The van der Waals surface area contributed by atoms with Crippen LogP contribution >= 0.6 is 23.2 Å². The Hall–Kier alpha value is -4.07. The fraction of sp³-hybridized carbons (Fsp3) is 0.194. The van der Waals surface area contributed by atoms with Crippen molar-refractivity contribution in [3.05, 3.63) is 122 Å². The second-order valence-corrected chi connectivity index (χ2v) is 11.1. The number of nitrogens with one attached hydrogen (secondary N) is 2. The third-order valence-corrected chi connectivity index (χ3v) is 8.13. The van der Waals surface area contributed by atoms with E-state index in [1.807, 2.05) is 22.8 Å². The van der Waals surface area contributed by atoms with Crippen molar-refractivity contribution in [1.29, 1.82) is 0 Å². The molecule has 2 atom stereocenters. The topological polar surface area (TPSA) is 83.4 Å². The molecule has 2 aliphatic heterocycles. The Bertz CT molecular complexity index is 1670. The summed E-state index contributed by atoms with van der Waals surface area (Å²) in [5.41, 5.74) is 3.73. The predicted molar refractivity (Wildman–Crippen MR) is 159 cm³/mol. The van der Waals surface area contributed by atoms with E-state index in [0.29, 0.717) is 45.6 Å². The van der Waals surface area contributed by atoms with E-state index in [1.165, 1.54) is 0 Å². The second-order valence-electron chi connectivity index (χ2n) is 10.2. The number of aromatic nitrogens is 1. The van der Waals surface area contributed by atoms with Crippen molar-refractivity contribution in [3.8, 4) is 0 Å². The Balaban J connectivity index is 1.33. The Morgan fingerprint density at radius 1 is 0.800 bits per heavy atom. The van der Waals surface area contributed by atoms with Crippen LogP contribution in [0.15, 0.2) is 89.7 Å². The lowest BCUT2D eigenvalue weighted by Crippen LogP contribution is -2.47. The van der Waals surface area contributed by atoms with E-state index in [9.17, 15) is 14.4 Å². The number of hydrogen-bond acceptors (Lipinski definition) is 4. The van der Waals surface area contributed by atoms with Crippen molar-refractivity contribution in [2.75, 3.05) is 28.6 Å². The lowest BCUT2D eigenvalue weighted by molar-refractivity contribution is 0.101. The minimum atomic E-state index is -0.365. The highest BCUT2D eigenvalue weighted by molar-refractivity contribution is 6.34. The molecule has 6 rings (SSSR count). The molecule has 40 heavy (non-hydrogen) atoms. The quantitative estimate of drug-likeness (QED) is 0.294. The number of hydrogen-bond donors (Lipinski definition) is 2. The lowest BCUT2D eigenvalue weighted by Gasteiger charge is -2.44. The summed E-state index contributed by atoms with van der Waals surface area (Å²) >= 11 is 12.3. The number of carbonyl (C=O) groups is 2. The molecule has 202 valence electrons. The summed E-state index contributed by atoms with van der Waals surface area (Å²) < 4.78 is 1.89. The summed E-state index contributed by atoms with van der Waals surface area (Å²) in [7, 11) is 0. The van der Waals surface area contributed by atoms with Gasteiger partial charge in [0.15, 0.2) is 0 Å². The van der Waals surface area contributed by atoms with Crippen LogP contribution in [0.3, 0.4) is 0 Å². The number of anilines is 3. The Morgan fingerprint density at radius 3 is 2.40 bits per heavy atom. The summed E-state index contributed by atoms with van der Waals surface area (Å²) in [6.07, 6.45) is 1.00. The van der Waals surface area contributed by atoms with Crippen LogP contribution in [0.4, 0.5) is 17.1 Å². The fourth-order valence-electron chi connectivity index (χ4n) is 5.72. The Kier molecular flexibility index (Phi) is 7.09.